The molecule has 9 heteroatoms. The Morgan fingerprint density at radius 2 is 2.10 bits per heavy atom. The van der Waals surface area contributed by atoms with E-state index < -0.39 is 0 Å². The molecule has 3 N–H and O–H groups in total. The Morgan fingerprint density at radius 3 is 2.79 bits per heavy atom. The molecule has 8 nitrogen and oxygen atoms in total. The number of nitrogens with two attached hydrogens (primary N) is 1. The maximum Gasteiger partial charge on any atom is 0.263 e. The predicted octanol–water partition coefficient (Wildman–Crippen LogP) is 2.08. The molecule has 2 amide bonds. The standard InChI is InChI=1S/C20H22N6O2S/c1-12-3-4-17(29-12)20(28)26-6-5-15(11-26)24-19(27)16-7-13(8-22-18(16)21)14-9-23-25(2)10-14/h3-4,7-10,15H,5-6,11H2,1-2H3,(H2,21,22)(H,24,27)/t15-/m1/s1. The molecule has 4 rings (SSSR count). The molecule has 1 fully saturated rings. The van der Waals surface area contributed by atoms with Crippen molar-refractivity contribution in [2.45, 2.75) is 19.4 Å². The number of nitrogens with zero attached hydrogens (tertiary/aromatic N) is 4. The zero-order chi connectivity index (χ0) is 20.5. The van der Waals surface area contributed by atoms with Gasteiger partial charge >= 0.3 is 0 Å². The summed E-state index contributed by atoms with van der Waals surface area (Å²) in [7, 11) is 1.83. The van der Waals surface area contributed by atoms with E-state index in [4.69, 9.17) is 5.73 Å². The molecular formula is C20H22N6O2S. The van der Waals surface area contributed by atoms with Crippen molar-refractivity contribution in [3.8, 4) is 11.1 Å². The lowest BCUT2D eigenvalue weighted by Crippen LogP contribution is -2.38. The van der Waals surface area contributed by atoms with Crippen LogP contribution in [-0.2, 0) is 7.05 Å². The number of amides is 2. The Bertz CT molecular complexity index is 1070. The van der Waals surface area contributed by atoms with Gasteiger partial charge in [-0.05, 0) is 31.5 Å². The number of hydrogen-bond acceptors (Lipinski definition) is 6. The summed E-state index contributed by atoms with van der Waals surface area (Å²) in [5, 5.41) is 7.14. The third-order valence-corrected chi connectivity index (χ3v) is 5.95. The van der Waals surface area contributed by atoms with Crippen LogP contribution in [0.3, 0.4) is 0 Å². The van der Waals surface area contributed by atoms with Gasteiger partial charge in [0.25, 0.3) is 11.8 Å². The second kappa shape index (κ2) is 7.67. The van der Waals surface area contributed by atoms with Gasteiger partial charge in [0, 0.05) is 54.6 Å². The Hall–Kier alpha value is -3.20. The SMILES string of the molecule is Cc1ccc(C(=O)N2CC[C@@H](NC(=O)c3cc(-c4cnn(C)c4)cnc3N)C2)s1. The molecule has 1 aliphatic heterocycles. The summed E-state index contributed by atoms with van der Waals surface area (Å²) in [6, 6.07) is 5.40. The Balaban J connectivity index is 1.44. The van der Waals surface area contributed by atoms with Crippen LogP contribution >= 0.6 is 11.3 Å². The van der Waals surface area contributed by atoms with Crippen molar-refractivity contribution in [1.29, 1.82) is 0 Å². The number of rotatable bonds is 4. The zero-order valence-electron chi connectivity index (χ0n) is 16.3. The van der Waals surface area contributed by atoms with Gasteiger partial charge in [-0.3, -0.25) is 14.3 Å². The van der Waals surface area contributed by atoms with Crippen molar-refractivity contribution in [1.82, 2.24) is 25.0 Å². The monoisotopic (exact) mass is 410 g/mol. The minimum Gasteiger partial charge on any atom is -0.383 e. The summed E-state index contributed by atoms with van der Waals surface area (Å²) < 4.78 is 1.69. The number of aryl methyl sites for hydroxylation is 2. The summed E-state index contributed by atoms with van der Waals surface area (Å²) >= 11 is 1.49. The maximum atomic E-state index is 12.8. The largest absolute Gasteiger partial charge is 0.383 e. The maximum absolute atomic E-state index is 12.8. The van der Waals surface area contributed by atoms with Crippen molar-refractivity contribution in [2.24, 2.45) is 7.05 Å². The lowest BCUT2D eigenvalue weighted by atomic mass is 10.1. The van der Waals surface area contributed by atoms with E-state index in [-0.39, 0.29) is 23.7 Å². The molecule has 3 aromatic rings. The molecule has 4 heterocycles. The van der Waals surface area contributed by atoms with E-state index in [1.807, 2.05) is 32.3 Å². The third-order valence-electron chi connectivity index (χ3n) is 4.96. The zero-order valence-corrected chi connectivity index (χ0v) is 17.1. The molecule has 0 spiro atoms. The number of anilines is 1. The minimum absolute atomic E-state index is 0.0135. The smallest absolute Gasteiger partial charge is 0.263 e. The summed E-state index contributed by atoms with van der Waals surface area (Å²) in [6.07, 6.45) is 5.89. The predicted molar refractivity (Wildman–Crippen MR) is 112 cm³/mol. The number of nitrogens with one attached hydrogen (secondary N) is 1. The number of carbonyl (C=O) groups is 2. The summed E-state index contributed by atoms with van der Waals surface area (Å²) in [4.78, 5) is 33.2. The van der Waals surface area contributed by atoms with E-state index in [0.717, 1.165) is 20.9 Å². The number of nitrogen functional groups attached to an aromatic ring is 1. The van der Waals surface area contributed by atoms with Crippen LogP contribution in [-0.4, -0.2) is 50.6 Å². The van der Waals surface area contributed by atoms with Crippen LogP contribution in [0.5, 0.6) is 0 Å². The number of likely N-dealkylation sites (tertiary alicyclic amines) is 1. The average molecular weight is 411 g/mol. The van der Waals surface area contributed by atoms with Crippen molar-refractivity contribution in [3.63, 3.8) is 0 Å². The van der Waals surface area contributed by atoms with Gasteiger partial charge < -0.3 is 16.0 Å². The van der Waals surface area contributed by atoms with Crippen LogP contribution < -0.4 is 11.1 Å². The van der Waals surface area contributed by atoms with E-state index in [1.165, 1.54) is 11.3 Å². The minimum atomic E-state index is -0.285. The molecule has 0 aromatic carbocycles. The number of aromatic nitrogens is 3. The molecule has 0 unspecified atom stereocenters. The highest BCUT2D eigenvalue weighted by molar-refractivity contribution is 7.13. The molecule has 3 aromatic heterocycles. The van der Waals surface area contributed by atoms with Gasteiger partial charge in [0.2, 0.25) is 0 Å². The van der Waals surface area contributed by atoms with Gasteiger partial charge in [-0.15, -0.1) is 11.3 Å². The topological polar surface area (TPSA) is 106 Å². The molecule has 1 aliphatic rings. The number of hydrogen-bond donors (Lipinski definition) is 2. The van der Waals surface area contributed by atoms with Gasteiger partial charge in [-0.25, -0.2) is 4.98 Å². The molecule has 29 heavy (non-hydrogen) atoms. The van der Waals surface area contributed by atoms with E-state index in [0.29, 0.717) is 25.1 Å². The highest BCUT2D eigenvalue weighted by atomic mass is 32.1. The summed E-state index contributed by atoms with van der Waals surface area (Å²) in [5.74, 6) is -0.0956. The normalized spacial score (nSPS) is 16.2. The fraction of sp³-hybridized carbons (Fsp3) is 0.300. The van der Waals surface area contributed by atoms with E-state index in [1.54, 1.807) is 28.0 Å². The molecule has 0 bridgehead atoms. The summed E-state index contributed by atoms with van der Waals surface area (Å²) in [6.45, 7) is 3.08. The first kappa shape index (κ1) is 19.1. The molecule has 150 valence electrons. The van der Waals surface area contributed by atoms with Crippen LogP contribution in [0.25, 0.3) is 11.1 Å². The van der Waals surface area contributed by atoms with Gasteiger partial charge in [0.05, 0.1) is 16.6 Å². The van der Waals surface area contributed by atoms with E-state index in [2.05, 4.69) is 15.4 Å². The van der Waals surface area contributed by atoms with E-state index >= 15 is 0 Å². The van der Waals surface area contributed by atoms with Gasteiger partial charge in [0.15, 0.2) is 0 Å². The lowest BCUT2D eigenvalue weighted by Gasteiger charge is -2.17. The van der Waals surface area contributed by atoms with E-state index in [9.17, 15) is 9.59 Å². The second-order valence-electron chi connectivity index (χ2n) is 7.18. The molecule has 0 aliphatic carbocycles. The van der Waals surface area contributed by atoms with Gasteiger partial charge in [-0.1, -0.05) is 0 Å². The molecular weight excluding hydrogens is 388 g/mol. The fourth-order valence-corrected chi connectivity index (χ4v) is 4.25. The first-order chi connectivity index (χ1) is 13.9. The quantitative estimate of drug-likeness (QED) is 0.685. The summed E-state index contributed by atoms with van der Waals surface area (Å²) in [5.41, 5.74) is 7.90. The van der Waals surface area contributed by atoms with Gasteiger partial charge in [0.1, 0.15) is 5.82 Å². The number of pyridine rings is 1. The third kappa shape index (κ3) is 4.00. The fourth-order valence-electron chi connectivity index (χ4n) is 3.42. The molecule has 1 saturated heterocycles. The Kier molecular flexibility index (Phi) is 5.06. The molecule has 0 saturated carbocycles. The van der Waals surface area contributed by atoms with Crippen molar-refractivity contribution in [3.05, 3.63) is 52.1 Å². The Morgan fingerprint density at radius 1 is 1.28 bits per heavy atom. The molecule has 1 atom stereocenters. The highest BCUT2D eigenvalue weighted by Crippen LogP contribution is 2.23. The average Bonchev–Trinajstić information content (AvgIpc) is 3.43. The number of carbonyl (C=O) groups excluding carboxylic acids is 2. The van der Waals surface area contributed by atoms with Gasteiger partial charge in [-0.2, -0.15) is 5.10 Å². The first-order valence-electron chi connectivity index (χ1n) is 9.32. The highest BCUT2D eigenvalue weighted by Gasteiger charge is 2.29. The Labute approximate surface area is 172 Å². The van der Waals surface area contributed by atoms with Crippen LogP contribution in [0.4, 0.5) is 5.82 Å². The second-order valence-corrected chi connectivity index (χ2v) is 8.47. The van der Waals surface area contributed by atoms with Crippen LogP contribution in [0.1, 0.15) is 31.3 Å². The van der Waals surface area contributed by atoms with Crippen LogP contribution in [0.15, 0.2) is 36.8 Å². The lowest BCUT2D eigenvalue weighted by molar-refractivity contribution is 0.0787. The van der Waals surface area contributed by atoms with Crippen LogP contribution in [0, 0.1) is 6.92 Å². The number of thiophene rings is 1. The van der Waals surface area contributed by atoms with Crippen molar-refractivity contribution >= 4 is 29.0 Å². The van der Waals surface area contributed by atoms with Crippen molar-refractivity contribution in [2.75, 3.05) is 18.8 Å². The molecule has 0 radical (unpaired) electrons. The van der Waals surface area contributed by atoms with Crippen LogP contribution in [0.2, 0.25) is 0 Å². The van der Waals surface area contributed by atoms with Crippen molar-refractivity contribution < 1.29 is 9.59 Å². The first-order valence-corrected chi connectivity index (χ1v) is 10.1.